The SMILES string of the molecule is Cc1cc2cc(-c3cc4c(-c5cc(C(C)(C)C)c6ccccc6c5)nccc4s3)ccc2s1. The summed E-state index contributed by atoms with van der Waals surface area (Å²) in [5.41, 5.74) is 4.96. The van der Waals surface area contributed by atoms with Gasteiger partial charge in [-0.2, -0.15) is 0 Å². The van der Waals surface area contributed by atoms with Gasteiger partial charge in [0.1, 0.15) is 0 Å². The van der Waals surface area contributed by atoms with Crippen LogP contribution in [0.2, 0.25) is 0 Å². The van der Waals surface area contributed by atoms with Crippen LogP contribution in [0, 0.1) is 6.92 Å². The molecule has 162 valence electrons. The Morgan fingerprint density at radius 2 is 1.52 bits per heavy atom. The average Bonchev–Trinajstić information content (AvgIpc) is 3.39. The van der Waals surface area contributed by atoms with E-state index in [2.05, 4.69) is 100 Å². The van der Waals surface area contributed by atoms with Crippen LogP contribution in [0.5, 0.6) is 0 Å². The highest BCUT2D eigenvalue weighted by Crippen LogP contribution is 2.41. The Morgan fingerprint density at radius 1 is 0.697 bits per heavy atom. The molecule has 3 heterocycles. The zero-order valence-corrected chi connectivity index (χ0v) is 20.9. The van der Waals surface area contributed by atoms with E-state index in [9.17, 15) is 0 Å². The summed E-state index contributed by atoms with van der Waals surface area (Å²) in [5, 5.41) is 5.16. The van der Waals surface area contributed by atoms with Crippen LogP contribution in [0.15, 0.2) is 79.0 Å². The molecule has 0 aliphatic heterocycles. The van der Waals surface area contributed by atoms with Gasteiger partial charge in [0.2, 0.25) is 0 Å². The molecule has 0 unspecified atom stereocenters. The zero-order chi connectivity index (χ0) is 22.7. The average molecular weight is 464 g/mol. The third kappa shape index (κ3) is 3.56. The lowest BCUT2D eigenvalue weighted by atomic mass is 9.82. The van der Waals surface area contributed by atoms with Crippen LogP contribution >= 0.6 is 22.7 Å². The van der Waals surface area contributed by atoms with Crippen molar-refractivity contribution < 1.29 is 0 Å². The van der Waals surface area contributed by atoms with E-state index in [0.717, 1.165) is 5.69 Å². The summed E-state index contributed by atoms with van der Waals surface area (Å²) in [6.07, 6.45) is 1.95. The van der Waals surface area contributed by atoms with E-state index in [4.69, 9.17) is 4.98 Å². The number of nitrogens with zero attached hydrogens (tertiary/aromatic N) is 1. The van der Waals surface area contributed by atoms with Crippen LogP contribution in [-0.4, -0.2) is 4.98 Å². The number of rotatable bonds is 2. The maximum atomic E-state index is 4.88. The smallest absolute Gasteiger partial charge is 0.0789 e. The summed E-state index contributed by atoms with van der Waals surface area (Å²) in [6.45, 7) is 9.05. The van der Waals surface area contributed by atoms with E-state index >= 15 is 0 Å². The Labute approximate surface area is 202 Å². The summed E-state index contributed by atoms with van der Waals surface area (Å²) in [7, 11) is 0. The molecular weight excluding hydrogens is 438 g/mol. The highest BCUT2D eigenvalue weighted by Gasteiger charge is 2.20. The van der Waals surface area contributed by atoms with Crippen LogP contribution in [0.4, 0.5) is 0 Å². The predicted molar refractivity (Wildman–Crippen MR) is 147 cm³/mol. The van der Waals surface area contributed by atoms with E-state index in [0.29, 0.717) is 0 Å². The van der Waals surface area contributed by atoms with Gasteiger partial charge >= 0.3 is 0 Å². The van der Waals surface area contributed by atoms with Crippen molar-refractivity contribution in [3.05, 3.63) is 89.4 Å². The van der Waals surface area contributed by atoms with Crippen molar-refractivity contribution in [1.29, 1.82) is 0 Å². The zero-order valence-electron chi connectivity index (χ0n) is 19.3. The fourth-order valence-electron chi connectivity index (χ4n) is 4.73. The van der Waals surface area contributed by atoms with Gasteiger partial charge in [0.15, 0.2) is 0 Å². The number of hydrogen-bond acceptors (Lipinski definition) is 3. The largest absolute Gasteiger partial charge is 0.256 e. The molecule has 0 saturated heterocycles. The van der Waals surface area contributed by atoms with Gasteiger partial charge in [-0.25, -0.2) is 0 Å². The lowest BCUT2D eigenvalue weighted by Crippen LogP contribution is -2.12. The molecule has 0 fully saturated rings. The monoisotopic (exact) mass is 463 g/mol. The number of aromatic nitrogens is 1. The molecule has 1 nitrogen and oxygen atoms in total. The number of aryl methyl sites for hydroxylation is 1. The molecule has 3 aromatic carbocycles. The maximum Gasteiger partial charge on any atom is 0.0789 e. The van der Waals surface area contributed by atoms with Gasteiger partial charge in [0.25, 0.3) is 0 Å². The third-order valence-electron chi connectivity index (χ3n) is 6.31. The summed E-state index contributed by atoms with van der Waals surface area (Å²) in [5.74, 6) is 0. The fourth-order valence-corrected chi connectivity index (χ4v) is 6.69. The molecule has 0 N–H and O–H groups in total. The van der Waals surface area contributed by atoms with E-state index in [1.807, 2.05) is 28.9 Å². The normalized spacial score (nSPS) is 12.2. The predicted octanol–water partition coefficient (Wildman–Crippen LogP) is 9.60. The minimum atomic E-state index is 0.0530. The first-order valence-corrected chi connectivity index (χ1v) is 12.9. The quantitative estimate of drug-likeness (QED) is 0.249. The maximum absolute atomic E-state index is 4.88. The lowest BCUT2D eigenvalue weighted by molar-refractivity contribution is 0.596. The van der Waals surface area contributed by atoms with Crippen molar-refractivity contribution in [2.75, 3.05) is 0 Å². The second-order valence-corrected chi connectivity index (χ2v) is 12.2. The van der Waals surface area contributed by atoms with Crippen molar-refractivity contribution in [3.63, 3.8) is 0 Å². The number of pyridine rings is 1. The molecule has 0 saturated carbocycles. The van der Waals surface area contributed by atoms with Gasteiger partial charge in [0, 0.05) is 36.3 Å². The van der Waals surface area contributed by atoms with E-state index < -0.39 is 0 Å². The molecule has 3 aromatic heterocycles. The van der Waals surface area contributed by atoms with Crippen LogP contribution in [-0.2, 0) is 5.41 Å². The van der Waals surface area contributed by atoms with Gasteiger partial charge in [0.05, 0.1) is 5.69 Å². The molecule has 6 aromatic rings. The van der Waals surface area contributed by atoms with Gasteiger partial charge in [-0.15, -0.1) is 22.7 Å². The van der Waals surface area contributed by atoms with E-state index in [-0.39, 0.29) is 5.41 Å². The Hall–Kier alpha value is -3.01. The van der Waals surface area contributed by atoms with Gasteiger partial charge in [-0.1, -0.05) is 51.1 Å². The molecule has 0 bridgehead atoms. The number of hydrogen-bond donors (Lipinski definition) is 0. The number of benzene rings is 3. The third-order valence-corrected chi connectivity index (χ3v) is 8.49. The molecule has 0 atom stereocenters. The highest BCUT2D eigenvalue weighted by molar-refractivity contribution is 7.22. The summed E-state index contributed by atoms with van der Waals surface area (Å²) >= 11 is 3.71. The molecular formula is C30H25NS2. The lowest BCUT2D eigenvalue weighted by Gasteiger charge is -2.22. The molecule has 33 heavy (non-hydrogen) atoms. The first-order chi connectivity index (χ1) is 15.9. The van der Waals surface area contributed by atoms with Crippen LogP contribution < -0.4 is 0 Å². The standard InChI is InChI=1S/C30H25NS2/c1-18-13-21-15-20(9-10-26(21)32-18)28-17-24-27(33-28)11-12-31-29(24)22-14-19-7-5-6-8-23(19)25(16-22)30(2,3)4/h5-17H,1-4H3. The van der Waals surface area contributed by atoms with Crippen molar-refractivity contribution in [3.8, 4) is 21.7 Å². The first-order valence-electron chi connectivity index (χ1n) is 11.3. The Bertz CT molecular complexity index is 1660. The molecule has 0 spiro atoms. The molecule has 6 rings (SSSR count). The molecule has 0 radical (unpaired) electrons. The minimum Gasteiger partial charge on any atom is -0.256 e. The van der Waals surface area contributed by atoms with Crippen molar-refractivity contribution >= 4 is 53.6 Å². The molecule has 0 amide bonds. The summed E-state index contributed by atoms with van der Waals surface area (Å²) in [6, 6.07) is 26.9. The van der Waals surface area contributed by atoms with Crippen molar-refractivity contribution in [2.24, 2.45) is 0 Å². The van der Waals surface area contributed by atoms with Gasteiger partial charge in [-0.3, -0.25) is 4.98 Å². The molecule has 3 heteroatoms. The summed E-state index contributed by atoms with van der Waals surface area (Å²) < 4.78 is 2.63. The second-order valence-electron chi connectivity index (χ2n) is 9.79. The Balaban J connectivity index is 1.55. The fraction of sp³-hybridized carbons (Fsp3) is 0.167. The number of fused-ring (bicyclic) bond motifs is 3. The minimum absolute atomic E-state index is 0.0530. The molecule has 0 aliphatic rings. The van der Waals surface area contributed by atoms with Crippen LogP contribution in [0.25, 0.3) is 52.6 Å². The Kier molecular flexibility index (Phi) is 4.69. The van der Waals surface area contributed by atoms with Crippen LogP contribution in [0.1, 0.15) is 31.2 Å². The van der Waals surface area contributed by atoms with Crippen molar-refractivity contribution in [1.82, 2.24) is 4.98 Å². The van der Waals surface area contributed by atoms with Gasteiger partial charge < -0.3 is 0 Å². The van der Waals surface area contributed by atoms with Gasteiger partial charge in [-0.05, 0) is 82.1 Å². The number of thiophene rings is 2. The van der Waals surface area contributed by atoms with Crippen molar-refractivity contribution in [2.45, 2.75) is 33.1 Å². The highest BCUT2D eigenvalue weighted by atomic mass is 32.1. The Morgan fingerprint density at radius 3 is 2.36 bits per heavy atom. The van der Waals surface area contributed by atoms with E-state index in [1.54, 1.807) is 0 Å². The topological polar surface area (TPSA) is 12.9 Å². The second kappa shape index (κ2) is 7.51. The van der Waals surface area contributed by atoms with Crippen LogP contribution in [0.3, 0.4) is 0 Å². The van der Waals surface area contributed by atoms with E-state index in [1.165, 1.54) is 57.4 Å². The molecule has 0 aliphatic carbocycles. The summed E-state index contributed by atoms with van der Waals surface area (Å²) in [4.78, 5) is 7.53. The first kappa shape index (κ1) is 20.6.